The van der Waals surface area contributed by atoms with E-state index in [0.29, 0.717) is 55.1 Å². The number of aliphatic hydroxyl groups excluding tert-OH is 5. The van der Waals surface area contributed by atoms with Gasteiger partial charge in [-0.3, -0.25) is 19.4 Å². The molecular formula is C72H99N5O13S2. The Hall–Kier alpha value is -4.40. The molecule has 3 heterocycles. The number of allylic oxidation sites excluding steroid dienone is 3. The summed E-state index contributed by atoms with van der Waals surface area (Å²) in [4.78, 5) is 54.5. The van der Waals surface area contributed by atoms with E-state index >= 15 is 14.7 Å². The van der Waals surface area contributed by atoms with Gasteiger partial charge in [-0.1, -0.05) is 78.0 Å². The number of aliphatic imine (C=N–C) groups is 1. The molecule has 1 aromatic carbocycles. The molecule has 0 radical (unpaired) electrons. The van der Waals surface area contributed by atoms with Crippen LogP contribution in [0.15, 0.2) is 70.6 Å². The highest BCUT2D eigenvalue weighted by Gasteiger charge is 2.80. The normalized spacial score (nSPS) is 44.8. The van der Waals surface area contributed by atoms with E-state index in [2.05, 4.69) is 35.1 Å². The second kappa shape index (κ2) is 25.9. The number of aromatic nitrogens is 1. The van der Waals surface area contributed by atoms with Crippen LogP contribution in [0.25, 0.3) is 0 Å². The number of aromatic amines is 1. The first-order valence-electron chi connectivity index (χ1n) is 34.7. The van der Waals surface area contributed by atoms with E-state index in [1.54, 1.807) is 37.4 Å². The van der Waals surface area contributed by atoms with E-state index in [9.17, 15) is 45.6 Å². The Bertz CT molecular complexity index is 3230. The molecule has 92 heavy (non-hydrogen) atoms. The fraction of sp³-hybridized carbons (Fsp3) is 0.722. The van der Waals surface area contributed by atoms with Crippen LogP contribution in [0.2, 0.25) is 0 Å². The summed E-state index contributed by atoms with van der Waals surface area (Å²) in [5.74, 6) is -0.941. The molecule has 1 aromatic heterocycles. The molecule has 13 rings (SSSR count). The lowest BCUT2D eigenvalue weighted by molar-refractivity contribution is -0.239. The van der Waals surface area contributed by atoms with E-state index < -0.39 is 142 Å². The summed E-state index contributed by atoms with van der Waals surface area (Å²) in [6, 6.07) is 7.27. The minimum Gasteiger partial charge on any atom is -0.508 e. The average Bonchev–Trinajstić information content (AvgIpc) is 1.31. The van der Waals surface area contributed by atoms with Crippen LogP contribution < -0.4 is 16.8 Å². The number of rotatable bonds is 9. The smallest absolute Gasteiger partial charge is 0.314 e. The molecule has 2 aliphatic heterocycles. The third-order valence-corrected chi connectivity index (χ3v) is 28.9. The topological polar surface area (TPSA) is 335 Å². The summed E-state index contributed by atoms with van der Waals surface area (Å²) in [6.07, 6.45) is 8.17. The van der Waals surface area contributed by atoms with Crippen LogP contribution >= 0.6 is 21.6 Å². The van der Waals surface area contributed by atoms with Crippen molar-refractivity contribution in [2.24, 2.45) is 116 Å². The van der Waals surface area contributed by atoms with Crippen LogP contribution in [0, 0.1) is 111 Å². The molecule has 25 atom stereocenters. The van der Waals surface area contributed by atoms with E-state index in [-0.39, 0.29) is 97.9 Å². The molecule has 6 saturated carbocycles. The number of carbonyl (C=O) groups excluding carboxylic acids is 3. The maximum atomic E-state index is 17.0. The number of phenols is 1. The standard InChI is InChI=1S/C72H99N5O13S2/c1-4-55-57(58(67(87)90-55)42-22-23-75-31-42)39-8-7-9-41-29-72(89)61-59(40-14-18-45(32-76-68(73)74)71(72,28-40)65(41)69(3,88)56(82)27-50(66(85)86)47-21-17-38-13-12-36(2)24-48(38)49(47)25-39)70(44-10-5-6-11-44)30-54(81)63(83)51-35-92-91-34-43(37-15-19-46(79)20-16-37)26-53(80)52(33-78)77-62(61)64(84)60(51)70/h15-17,19-20,22-23,31,36,39-41,43-45,47-52,54-60,63,65-66,75,77-79,81-83,85-86,88-89H,4-6,9-14,18,21,24-30,32-35H2,1-3H3,(H4,73,74,76)/t36-,39-,40+,41-,43-,45+,47-,48-,49-,50-,51+,52-,54+,55-,56-,57+,58-,59+,60+,63-,65-,69+,70+,71+,72-/m1/s1. The Morgan fingerprint density at radius 3 is 2.36 bits per heavy atom. The maximum absolute atomic E-state index is 17.0. The zero-order chi connectivity index (χ0) is 64.9. The number of nitrogens with one attached hydrogen (secondary N) is 2. The van der Waals surface area contributed by atoms with Gasteiger partial charge in [-0.05, 0) is 190 Å². The van der Waals surface area contributed by atoms with Crippen molar-refractivity contribution in [3.8, 4) is 17.6 Å². The number of ether oxygens (including phenoxy) is 1. The molecule has 11 aliphatic rings. The second-order valence-corrected chi connectivity index (χ2v) is 33.3. The Kier molecular flexibility index (Phi) is 18.6. The van der Waals surface area contributed by atoms with Gasteiger partial charge >= 0.3 is 5.97 Å². The molecule has 15 N–H and O–H groups in total. The molecular weight excluding hydrogens is 1210 g/mol. The predicted octanol–water partition coefficient (Wildman–Crippen LogP) is 6.73. The molecule has 8 fully saturated rings. The summed E-state index contributed by atoms with van der Waals surface area (Å²) in [6.45, 7) is 5.21. The molecule has 2 saturated heterocycles. The minimum absolute atomic E-state index is 0.00863. The predicted molar refractivity (Wildman–Crippen MR) is 350 cm³/mol. The van der Waals surface area contributed by atoms with Gasteiger partial charge in [0.15, 0.2) is 23.8 Å². The van der Waals surface area contributed by atoms with Crippen LogP contribution in [-0.2, 0) is 19.1 Å². The second-order valence-electron chi connectivity index (χ2n) is 30.7. The van der Waals surface area contributed by atoms with Crippen LogP contribution in [0.4, 0.5) is 0 Å². The van der Waals surface area contributed by atoms with Gasteiger partial charge in [-0.15, -0.1) is 5.92 Å². The lowest BCUT2D eigenvalue weighted by Crippen LogP contribution is -2.73. The number of guanidine groups is 1. The first-order chi connectivity index (χ1) is 44.1. The highest BCUT2D eigenvalue weighted by molar-refractivity contribution is 8.76. The molecule has 0 unspecified atom stereocenters. The maximum Gasteiger partial charge on any atom is 0.314 e. The zero-order valence-electron chi connectivity index (χ0n) is 53.5. The SMILES string of the molecule is CC[C@H]1OC(=O)[C@H](c2cc[nH]c2)[C@H]1[C@@H]1C#CC[C@@H]2C[C@@]3(O)C4=C5N[C@H](CO)C(=O)C[C@@H](c6ccc(O)cc6)CSSC[C@@H]6[C@@H](O)[C@@H](O)C[C@](C7CCCC7)([C@H]4[C@H]4CC[C@@H](CN=C(N)N)[C@@]3(C4)[C@H]2[C@@](C)(O)[C@H](O)C[C@@H](C(O)O)[C@@H]2CC=C3CC[C@@H](C)C[C@H]3[C@@H]2C1)[C@@H]6C5=O. The molecule has 18 nitrogen and oxygen atoms in total. The molecule has 2 aromatic rings. The first-order valence-corrected chi connectivity index (χ1v) is 37.2. The molecule has 4 bridgehead atoms. The number of cyclic esters (lactones) is 1. The molecule has 0 amide bonds. The van der Waals surface area contributed by atoms with E-state index in [1.165, 1.54) is 27.2 Å². The fourth-order valence-electron chi connectivity index (χ4n) is 22.7. The number of H-pyrrole nitrogens is 1. The Morgan fingerprint density at radius 2 is 1.65 bits per heavy atom. The Labute approximate surface area is 548 Å². The molecule has 9 aliphatic carbocycles. The number of aromatic hydroxyl groups is 1. The van der Waals surface area contributed by atoms with Crippen LogP contribution in [0.3, 0.4) is 0 Å². The summed E-state index contributed by atoms with van der Waals surface area (Å²) >= 11 is 0. The molecule has 1 spiro atoms. The largest absolute Gasteiger partial charge is 0.508 e. The highest BCUT2D eigenvalue weighted by Crippen LogP contribution is 2.79. The van der Waals surface area contributed by atoms with Gasteiger partial charge < -0.3 is 72.5 Å². The van der Waals surface area contributed by atoms with E-state index in [4.69, 9.17) is 21.2 Å². The fourth-order valence-corrected chi connectivity index (χ4v) is 25.5. The number of hydrogen-bond acceptors (Lipinski definition) is 17. The third-order valence-electron chi connectivity index (χ3n) is 26.4. The monoisotopic (exact) mass is 1310 g/mol. The van der Waals surface area contributed by atoms with Crippen molar-refractivity contribution >= 4 is 45.1 Å². The van der Waals surface area contributed by atoms with Crippen molar-refractivity contribution in [3.05, 3.63) is 76.8 Å². The van der Waals surface area contributed by atoms with Crippen molar-refractivity contribution in [1.82, 2.24) is 10.3 Å². The minimum atomic E-state index is -2.11. The van der Waals surface area contributed by atoms with Crippen LogP contribution in [-0.4, -0.2) is 147 Å². The molecule has 20 heteroatoms. The summed E-state index contributed by atoms with van der Waals surface area (Å²) < 4.78 is 6.33. The van der Waals surface area contributed by atoms with Crippen molar-refractivity contribution in [2.45, 2.75) is 196 Å². The van der Waals surface area contributed by atoms with Crippen molar-refractivity contribution in [2.75, 3.05) is 24.7 Å². The summed E-state index contributed by atoms with van der Waals surface area (Å²) in [5.41, 5.74) is 9.20. The number of aliphatic hydroxyl groups is 8. The van der Waals surface area contributed by atoms with Crippen LogP contribution in [0.5, 0.6) is 5.75 Å². The number of esters is 1. The van der Waals surface area contributed by atoms with Gasteiger partial charge in [0.2, 0.25) is 0 Å². The van der Waals surface area contributed by atoms with Crippen molar-refractivity contribution in [1.29, 1.82) is 0 Å². The van der Waals surface area contributed by atoms with E-state index in [1.807, 2.05) is 19.2 Å². The van der Waals surface area contributed by atoms with Gasteiger partial charge in [-0.2, -0.15) is 0 Å². The van der Waals surface area contributed by atoms with Gasteiger partial charge in [0, 0.05) is 90.1 Å². The Balaban J connectivity index is 1.04. The van der Waals surface area contributed by atoms with Gasteiger partial charge in [0.25, 0.3) is 0 Å². The third kappa shape index (κ3) is 10.9. The quantitative estimate of drug-likeness (QED) is 0.0235. The Morgan fingerprint density at radius 1 is 0.891 bits per heavy atom. The van der Waals surface area contributed by atoms with Gasteiger partial charge in [0.1, 0.15) is 17.9 Å². The van der Waals surface area contributed by atoms with Crippen molar-refractivity contribution < 1.29 is 65.1 Å². The summed E-state index contributed by atoms with van der Waals surface area (Å²) in [5, 5.41) is 118. The summed E-state index contributed by atoms with van der Waals surface area (Å²) in [7, 11) is 3.03. The number of hydrogen-bond donors (Lipinski definition) is 13. The number of nitrogens with zero attached hydrogens (tertiary/aromatic N) is 1. The lowest BCUT2D eigenvalue weighted by atomic mass is 9.35. The highest BCUT2D eigenvalue weighted by atomic mass is 33.1. The number of nitrogens with two attached hydrogens (primary N) is 2. The van der Waals surface area contributed by atoms with Gasteiger partial charge in [0.05, 0.1) is 47.7 Å². The van der Waals surface area contributed by atoms with Crippen molar-refractivity contribution in [3.63, 3.8) is 0 Å². The lowest BCUT2D eigenvalue weighted by Gasteiger charge is -2.70. The number of phenolic OH excluding ortho intramolecular Hbond substituents is 1. The number of fused-ring (bicyclic) bond motifs is 10. The molecule has 502 valence electrons. The zero-order valence-corrected chi connectivity index (χ0v) is 55.2. The van der Waals surface area contributed by atoms with Crippen LogP contribution in [0.1, 0.15) is 159 Å². The number of benzene rings is 1. The van der Waals surface area contributed by atoms with Gasteiger partial charge in [-0.25, -0.2) is 0 Å². The average molecular weight is 1310 g/mol. The van der Waals surface area contributed by atoms with E-state index in [0.717, 1.165) is 56.1 Å². The number of ketones is 2. The number of carbonyl (C=O) groups is 3. The number of Topliss-reactive ketones (excluding diaryl/α,β-unsaturated/α-hetero) is 2. The first kappa shape index (κ1) is 66.2.